The van der Waals surface area contributed by atoms with Crippen molar-refractivity contribution >= 4 is 33.5 Å². The average Bonchev–Trinajstić information content (AvgIpc) is 3.12. The standard InChI is InChI=1S/C23H22N2O5S/c1-6-11-25-16-13-19(29-4)20(30-5)14-21(16)31-23(25)24-22(26)10-8-15-7-9-17(27-2)18(12-15)28-3/h1,7-10,12-14H,11H2,2-5H3. The highest BCUT2D eigenvalue weighted by atomic mass is 32.1. The average molecular weight is 439 g/mol. The summed E-state index contributed by atoms with van der Waals surface area (Å²) in [5.41, 5.74) is 1.60. The molecule has 0 saturated heterocycles. The normalized spacial score (nSPS) is 11.5. The first-order valence-electron chi connectivity index (χ1n) is 9.22. The van der Waals surface area contributed by atoms with E-state index in [9.17, 15) is 4.79 Å². The van der Waals surface area contributed by atoms with Gasteiger partial charge in [0.05, 0.1) is 45.2 Å². The van der Waals surface area contributed by atoms with Gasteiger partial charge in [0.15, 0.2) is 27.8 Å². The van der Waals surface area contributed by atoms with Gasteiger partial charge in [0.1, 0.15) is 0 Å². The van der Waals surface area contributed by atoms with Gasteiger partial charge in [0.25, 0.3) is 5.91 Å². The summed E-state index contributed by atoms with van der Waals surface area (Å²) in [5.74, 6) is 4.55. The summed E-state index contributed by atoms with van der Waals surface area (Å²) < 4.78 is 23.9. The van der Waals surface area contributed by atoms with Crippen LogP contribution in [-0.2, 0) is 11.3 Å². The van der Waals surface area contributed by atoms with Gasteiger partial charge in [-0.2, -0.15) is 4.99 Å². The maximum atomic E-state index is 12.5. The molecule has 0 N–H and O–H groups in total. The van der Waals surface area contributed by atoms with Crippen LogP contribution in [0.1, 0.15) is 5.56 Å². The first kappa shape index (κ1) is 22.0. The van der Waals surface area contributed by atoms with Gasteiger partial charge >= 0.3 is 0 Å². The van der Waals surface area contributed by atoms with E-state index in [1.54, 1.807) is 51.2 Å². The quantitative estimate of drug-likeness (QED) is 0.417. The van der Waals surface area contributed by atoms with E-state index in [1.807, 2.05) is 18.2 Å². The first-order chi connectivity index (χ1) is 15.0. The number of hydrogen-bond donors (Lipinski definition) is 0. The molecule has 0 bridgehead atoms. The van der Waals surface area contributed by atoms with Crippen molar-refractivity contribution < 1.29 is 23.7 Å². The molecule has 0 saturated carbocycles. The number of thiazole rings is 1. The Kier molecular flexibility index (Phi) is 7.00. The molecule has 3 rings (SSSR count). The minimum Gasteiger partial charge on any atom is -0.493 e. The predicted molar refractivity (Wildman–Crippen MR) is 121 cm³/mol. The zero-order valence-electron chi connectivity index (χ0n) is 17.7. The van der Waals surface area contributed by atoms with Gasteiger partial charge in [-0.15, -0.1) is 6.42 Å². The van der Waals surface area contributed by atoms with Crippen LogP contribution < -0.4 is 23.7 Å². The lowest BCUT2D eigenvalue weighted by atomic mass is 10.2. The van der Waals surface area contributed by atoms with E-state index in [1.165, 1.54) is 17.4 Å². The van der Waals surface area contributed by atoms with Gasteiger partial charge in [-0.25, -0.2) is 0 Å². The van der Waals surface area contributed by atoms with Crippen LogP contribution in [0, 0.1) is 12.3 Å². The Morgan fingerprint density at radius 3 is 2.32 bits per heavy atom. The second-order valence-corrected chi connectivity index (χ2v) is 7.26. The molecule has 8 heteroatoms. The Labute approximate surface area is 184 Å². The van der Waals surface area contributed by atoms with Crippen LogP contribution in [0.2, 0.25) is 0 Å². The van der Waals surface area contributed by atoms with Crippen LogP contribution >= 0.6 is 11.3 Å². The highest BCUT2D eigenvalue weighted by Crippen LogP contribution is 2.33. The zero-order chi connectivity index (χ0) is 22.4. The molecule has 0 spiro atoms. The number of fused-ring (bicyclic) bond motifs is 1. The highest BCUT2D eigenvalue weighted by Gasteiger charge is 2.12. The van der Waals surface area contributed by atoms with Crippen LogP contribution in [0.5, 0.6) is 23.0 Å². The molecular formula is C23H22N2O5S. The molecule has 2 aromatic carbocycles. The number of nitrogens with zero attached hydrogens (tertiary/aromatic N) is 2. The van der Waals surface area contributed by atoms with E-state index in [0.717, 1.165) is 15.8 Å². The zero-order valence-corrected chi connectivity index (χ0v) is 18.5. The van der Waals surface area contributed by atoms with Crippen molar-refractivity contribution in [1.82, 2.24) is 4.57 Å². The number of carbonyl (C=O) groups is 1. The third-order valence-electron chi connectivity index (χ3n) is 4.47. The third-order valence-corrected chi connectivity index (χ3v) is 5.51. The lowest BCUT2D eigenvalue weighted by molar-refractivity contribution is -0.113. The van der Waals surface area contributed by atoms with Crippen LogP contribution in [0.3, 0.4) is 0 Å². The van der Waals surface area contributed by atoms with Crippen molar-refractivity contribution in [2.75, 3.05) is 28.4 Å². The summed E-state index contributed by atoms with van der Waals surface area (Å²) >= 11 is 1.35. The molecule has 160 valence electrons. The Bertz CT molecular complexity index is 1250. The fourth-order valence-electron chi connectivity index (χ4n) is 2.98. The Hall–Kier alpha value is -3.70. The van der Waals surface area contributed by atoms with Gasteiger partial charge in [-0.1, -0.05) is 23.3 Å². The molecule has 0 aliphatic rings. The first-order valence-corrected chi connectivity index (χ1v) is 10.0. The number of aromatic nitrogens is 1. The fourth-order valence-corrected chi connectivity index (χ4v) is 4.03. The molecule has 1 heterocycles. The summed E-state index contributed by atoms with van der Waals surface area (Å²) in [7, 11) is 6.26. The Morgan fingerprint density at radius 1 is 1.03 bits per heavy atom. The van der Waals surface area contributed by atoms with Crippen molar-refractivity contribution in [3.05, 3.63) is 46.8 Å². The number of hydrogen-bond acceptors (Lipinski definition) is 6. The van der Waals surface area contributed by atoms with E-state index in [2.05, 4.69) is 10.9 Å². The lowest BCUT2D eigenvalue weighted by Crippen LogP contribution is -2.15. The van der Waals surface area contributed by atoms with Gasteiger partial charge in [-0.05, 0) is 23.8 Å². The third kappa shape index (κ3) is 4.73. The summed E-state index contributed by atoms with van der Waals surface area (Å²) in [6, 6.07) is 9.04. The number of ether oxygens (including phenoxy) is 4. The van der Waals surface area contributed by atoms with Crippen LogP contribution in [-0.4, -0.2) is 38.9 Å². The molecule has 0 fully saturated rings. The van der Waals surface area contributed by atoms with Crippen LogP contribution in [0.25, 0.3) is 16.3 Å². The molecule has 7 nitrogen and oxygen atoms in total. The van der Waals surface area contributed by atoms with E-state index in [4.69, 9.17) is 25.4 Å². The van der Waals surface area contributed by atoms with E-state index in [0.29, 0.717) is 27.8 Å². The Morgan fingerprint density at radius 2 is 1.68 bits per heavy atom. The molecule has 0 aliphatic carbocycles. The number of benzene rings is 2. The van der Waals surface area contributed by atoms with Gasteiger partial charge in [0, 0.05) is 18.2 Å². The SMILES string of the molecule is C#CCn1c(=NC(=O)C=Cc2ccc(OC)c(OC)c2)sc2cc(OC)c(OC)cc21. The highest BCUT2D eigenvalue weighted by molar-refractivity contribution is 7.16. The second-order valence-electron chi connectivity index (χ2n) is 6.25. The molecule has 0 aliphatic heterocycles. The lowest BCUT2D eigenvalue weighted by Gasteiger charge is -2.08. The van der Waals surface area contributed by atoms with Crippen LogP contribution in [0.15, 0.2) is 41.4 Å². The second kappa shape index (κ2) is 9.87. The summed E-state index contributed by atoms with van der Waals surface area (Å²) in [4.78, 5) is 17.3. The minimum atomic E-state index is -0.411. The maximum Gasteiger partial charge on any atom is 0.272 e. The van der Waals surface area contributed by atoms with Crippen molar-refractivity contribution in [3.8, 4) is 35.3 Å². The van der Waals surface area contributed by atoms with Crippen molar-refractivity contribution in [2.24, 2.45) is 4.99 Å². The minimum absolute atomic E-state index is 0.265. The largest absolute Gasteiger partial charge is 0.493 e. The smallest absolute Gasteiger partial charge is 0.272 e. The van der Waals surface area contributed by atoms with Crippen molar-refractivity contribution in [1.29, 1.82) is 0 Å². The molecule has 3 aromatic rings. The van der Waals surface area contributed by atoms with Crippen molar-refractivity contribution in [2.45, 2.75) is 6.54 Å². The maximum absolute atomic E-state index is 12.5. The summed E-state index contributed by atoms with van der Waals surface area (Å²) in [6.45, 7) is 0.265. The predicted octanol–water partition coefficient (Wildman–Crippen LogP) is 3.51. The summed E-state index contributed by atoms with van der Waals surface area (Å²) in [6.07, 6.45) is 8.60. The molecule has 1 amide bonds. The number of methoxy groups -OCH3 is 4. The monoisotopic (exact) mass is 438 g/mol. The molecular weight excluding hydrogens is 416 g/mol. The van der Waals surface area contributed by atoms with Gasteiger partial charge in [-0.3, -0.25) is 4.79 Å². The van der Waals surface area contributed by atoms with E-state index >= 15 is 0 Å². The number of terminal acetylenes is 1. The molecule has 0 unspecified atom stereocenters. The topological polar surface area (TPSA) is 71.3 Å². The molecule has 0 atom stereocenters. The van der Waals surface area contributed by atoms with E-state index < -0.39 is 5.91 Å². The number of rotatable bonds is 7. The molecule has 0 radical (unpaired) electrons. The Balaban J connectivity index is 1.99. The van der Waals surface area contributed by atoms with E-state index in [-0.39, 0.29) is 6.54 Å². The fraction of sp³-hybridized carbons (Fsp3) is 0.217. The molecule has 1 aromatic heterocycles. The summed E-state index contributed by atoms with van der Waals surface area (Å²) in [5, 5.41) is 0. The number of amides is 1. The van der Waals surface area contributed by atoms with Gasteiger partial charge in [0.2, 0.25) is 0 Å². The van der Waals surface area contributed by atoms with Gasteiger partial charge < -0.3 is 23.5 Å². The van der Waals surface area contributed by atoms with Crippen LogP contribution in [0.4, 0.5) is 0 Å². The molecule has 31 heavy (non-hydrogen) atoms. The number of carbonyl (C=O) groups excluding carboxylic acids is 1. The van der Waals surface area contributed by atoms with Crippen molar-refractivity contribution in [3.63, 3.8) is 0 Å².